The topological polar surface area (TPSA) is 95.1 Å². The lowest BCUT2D eigenvalue weighted by Gasteiger charge is -2.12. The van der Waals surface area contributed by atoms with Crippen LogP contribution in [-0.4, -0.2) is 26.2 Å². The van der Waals surface area contributed by atoms with Crippen LogP contribution < -0.4 is 22.4 Å². The number of allylic oxidation sites excluding steroid dienone is 2. The van der Waals surface area contributed by atoms with Gasteiger partial charge in [-0.05, 0) is 24.1 Å². The molecule has 8 nitrogen and oxygen atoms in total. The second-order valence-corrected chi connectivity index (χ2v) is 6.40. The Morgan fingerprint density at radius 3 is 1.93 bits per heavy atom. The highest BCUT2D eigenvalue weighted by Crippen LogP contribution is 2.09. The third-order valence-electron chi connectivity index (χ3n) is 3.96. The van der Waals surface area contributed by atoms with E-state index in [0.717, 1.165) is 19.3 Å². The molecule has 9 heteroatoms. The van der Waals surface area contributed by atoms with Crippen molar-refractivity contribution in [3.05, 3.63) is 91.6 Å². The summed E-state index contributed by atoms with van der Waals surface area (Å²) in [6.45, 7) is 6.67. The average Bonchev–Trinajstić information content (AvgIpc) is 2.67. The number of carbonyl (C=O) groups is 1. The van der Waals surface area contributed by atoms with Crippen LogP contribution in [0.3, 0.4) is 0 Å². The molecule has 0 saturated carbocycles. The SMILES string of the molecule is C=CCn1c(=O)n(CC=C)c(=O)n(CC(=O)NCCc2ccc(Cl)cc2)c1=O. The van der Waals surface area contributed by atoms with Crippen molar-refractivity contribution in [3.63, 3.8) is 0 Å². The first-order chi connectivity index (χ1) is 13.4. The normalized spacial score (nSPS) is 10.5. The summed E-state index contributed by atoms with van der Waals surface area (Å²) in [5.74, 6) is -0.512. The van der Waals surface area contributed by atoms with Gasteiger partial charge in [-0.1, -0.05) is 35.9 Å². The average molecular weight is 405 g/mol. The number of rotatable bonds is 9. The number of carbonyl (C=O) groups excluding carboxylic acids is 1. The maximum atomic E-state index is 12.5. The number of nitrogens with one attached hydrogen (secondary N) is 1. The fraction of sp³-hybridized carbons (Fsp3) is 0.263. The fourth-order valence-electron chi connectivity index (χ4n) is 2.59. The molecular weight excluding hydrogens is 384 g/mol. The monoisotopic (exact) mass is 404 g/mol. The van der Waals surface area contributed by atoms with Crippen molar-refractivity contribution in [2.24, 2.45) is 0 Å². The van der Waals surface area contributed by atoms with Crippen molar-refractivity contribution >= 4 is 17.5 Å². The Morgan fingerprint density at radius 1 is 0.929 bits per heavy atom. The third-order valence-corrected chi connectivity index (χ3v) is 4.21. The molecule has 0 aliphatic rings. The predicted octanol–water partition coefficient (Wildman–Crippen LogP) is 0.556. The molecule has 1 aromatic carbocycles. The van der Waals surface area contributed by atoms with Gasteiger partial charge in [0.25, 0.3) is 0 Å². The summed E-state index contributed by atoms with van der Waals surface area (Å²) < 4.78 is 2.42. The highest BCUT2D eigenvalue weighted by molar-refractivity contribution is 6.30. The number of nitrogens with zero attached hydrogens (tertiary/aromatic N) is 3. The molecule has 1 aromatic heterocycles. The lowest BCUT2D eigenvalue weighted by molar-refractivity contribution is -0.121. The van der Waals surface area contributed by atoms with Gasteiger partial charge in [-0.3, -0.25) is 4.79 Å². The first kappa shape index (κ1) is 21.2. The van der Waals surface area contributed by atoms with Crippen LogP contribution in [0.2, 0.25) is 5.02 Å². The number of benzene rings is 1. The molecule has 148 valence electrons. The molecule has 1 N–H and O–H groups in total. The first-order valence-electron chi connectivity index (χ1n) is 8.56. The van der Waals surface area contributed by atoms with Crippen LogP contribution in [0.15, 0.2) is 64.0 Å². The minimum atomic E-state index is -0.858. The molecule has 0 saturated heterocycles. The van der Waals surface area contributed by atoms with Gasteiger partial charge in [0.05, 0.1) is 13.1 Å². The number of amides is 1. The van der Waals surface area contributed by atoms with Crippen LogP contribution in [-0.2, 0) is 30.8 Å². The van der Waals surface area contributed by atoms with E-state index in [2.05, 4.69) is 18.5 Å². The summed E-state index contributed by atoms with van der Waals surface area (Å²) in [6, 6.07) is 7.20. The molecule has 28 heavy (non-hydrogen) atoms. The van der Waals surface area contributed by atoms with Gasteiger partial charge in [-0.2, -0.15) is 0 Å². The van der Waals surface area contributed by atoms with E-state index in [4.69, 9.17) is 11.6 Å². The van der Waals surface area contributed by atoms with E-state index < -0.39 is 29.5 Å². The molecule has 0 fully saturated rings. The second-order valence-electron chi connectivity index (χ2n) is 5.96. The van der Waals surface area contributed by atoms with Gasteiger partial charge >= 0.3 is 17.1 Å². The summed E-state index contributed by atoms with van der Waals surface area (Å²) in [5.41, 5.74) is -1.50. The van der Waals surface area contributed by atoms with Gasteiger partial charge < -0.3 is 5.32 Å². The Bertz CT molecular complexity index is 999. The van der Waals surface area contributed by atoms with Gasteiger partial charge in [0.2, 0.25) is 5.91 Å². The van der Waals surface area contributed by atoms with E-state index in [1.165, 1.54) is 12.2 Å². The lowest BCUT2D eigenvalue weighted by Crippen LogP contribution is -2.55. The van der Waals surface area contributed by atoms with Crippen LogP contribution in [0, 0.1) is 0 Å². The van der Waals surface area contributed by atoms with Gasteiger partial charge in [0, 0.05) is 11.6 Å². The van der Waals surface area contributed by atoms with E-state index in [9.17, 15) is 19.2 Å². The van der Waals surface area contributed by atoms with Crippen molar-refractivity contribution in [2.45, 2.75) is 26.1 Å². The van der Waals surface area contributed by atoms with Crippen LogP contribution in [0.1, 0.15) is 5.56 Å². The summed E-state index contributed by atoms with van der Waals surface area (Å²) >= 11 is 5.83. The Hall–Kier alpha value is -3.13. The summed E-state index contributed by atoms with van der Waals surface area (Å²) in [7, 11) is 0. The molecule has 0 aliphatic heterocycles. The standard InChI is InChI=1S/C19H21ClN4O4/c1-3-11-22-17(26)23(12-4-2)19(28)24(18(22)27)13-16(25)21-10-9-14-5-7-15(20)8-6-14/h3-8H,1-2,9-13H2,(H,21,25). The van der Waals surface area contributed by atoms with E-state index in [-0.39, 0.29) is 13.1 Å². The minimum Gasteiger partial charge on any atom is -0.354 e. The van der Waals surface area contributed by atoms with Crippen LogP contribution in [0.25, 0.3) is 0 Å². The van der Waals surface area contributed by atoms with E-state index in [1.807, 2.05) is 12.1 Å². The molecule has 0 unspecified atom stereocenters. The molecule has 2 aromatic rings. The summed E-state index contributed by atoms with van der Waals surface area (Å²) in [5, 5.41) is 3.28. The Morgan fingerprint density at radius 2 is 1.43 bits per heavy atom. The van der Waals surface area contributed by atoms with Crippen molar-refractivity contribution in [3.8, 4) is 0 Å². The quantitative estimate of drug-likeness (QED) is 0.618. The van der Waals surface area contributed by atoms with Crippen molar-refractivity contribution < 1.29 is 4.79 Å². The van der Waals surface area contributed by atoms with Crippen molar-refractivity contribution in [1.29, 1.82) is 0 Å². The van der Waals surface area contributed by atoms with E-state index in [1.54, 1.807) is 12.1 Å². The highest BCUT2D eigenvalue weighted by Gasteiger charge is 2.16. The predicted molar refractivity (Wildman–Crippen MR) is 108 cm³/mol. The maximum absolute atomic E-state index is 12.5. The van der Waals surface area contributed by atoms with Crippen molar-refractivity contribution in [2.75, 3.05) is 6.54 Å². The van der Waals surface area contributed by atoms with E-state index in [0.29, 0.717) is 18.0 Å². The summed E-state index contributed by atoms with van der Waals surface area (Å²) in [6.07, 6.45) is 3.29. The first-order valence-corrected chi connectivity index (χ1v) is 8.94. The second kappa shape index (κ2) is 9.70. The lowest BCUT2D eigenvalue weighted by atomic mass is 10.1. The van der Waals surface area contributed by atoms with Crippen LogP contribution in [0.4, 0.5) is 0 Å². The molecule has 1 amide bonds. The highest BCUT2D eigenvalue weighted by atomic mass is 35.5. The molecule has 0 atom stereocenters. The maximum Gasteiger partial charge on any atom is 0.337 e. The zero-order chi connectivity index (χ0) is 20.7. The number of aromatic nitrogens is 3. The van der Waals surface area contributed by atoms with Gasteiger partial charge in [-0.25, -0.2) is 28.1 Å². The fourth-order valence-corrected chi connectivity index (χ4v) is 2.71. The van der Waals surface area contributed by atoms with Crippen molar-refractivity contribution in [1.82, 2.24) is 19.0 Å². The number of halogens is 1. The molecule has 1 heterocycles. The van der Waals surface area contributed by atoms with Gasteiger partial charge in [-0.15, -0.1) is 13.2 Å². The third kappa shape index (κ3) is 4.98. The number of hydrogen-bond acceptors (Lipinski definition) is 4. The largest absolute Gasteiger partial charge is 0.354 e. The molecule has 0 bridgehead atoms. The smallest absolute Gasteiger partial charge is 0.337 e. The molecule has 0 radical (unpaired) electrons. The minimum absolute atomic E-state index is 0.0761. The molecule has 0 spiro atoms. The van der Waals surface area contributed by atoms with Gasteiger partial charge in [0.1, 0.15) is 6.54 Å². The zero-order valence-electron chi connectivity index (χ0n) is 15.3. The summed E-state index contributed by atoms with van der Waals surface area (Å²) in [4.78, 5) is 49.4. The molecule has 0 aliphatic carbocycles. The van der Waals surface area contributed by atoms with Crippen LogP contribution in [0.5, 0.6) is 0 Å². The zero-order valence-corrected chi connectivity index (χ0v) is 16.0. The number of hydrogen-bond donors (Lipinski definition) is 1. The molecular formula is C19H21ClN4O4. The molecule has 2 rings (SSSR count). The Balaban J connectivity index is 2.18. The van der Waals surface area contributed by atoms with Crippen LogP contribution >= 0.6 is 11.6 Å². The van der Waals surface area contributed by atoms with Gasteiger partial charge in [0.15, 0.2) is 0 Å². The van der Waals surface area contributed by atoms with E-state index >= 15 is 0 Å². The Kier molecular flexibility index (Phi) is 7.34. The Labute approximate surface area is 166 Å².